The van der Waals surface area contributed by atoms with Gasteiger partial charge in [0.1, 0.15) is 0 Å². The fourth-order valence-electron chi connectivity index (χ4n) is 6.39. The Labute approximate surface area is 197 Å². The summed E-state index contributed by atoms with van der Waals surface area (Å²) in [5.41, 5.74) is 7.88. The lowest BCUT2D eigenvalue weighted by Gasteiger charge is -2.45. The first-order chi connectivity index (χ1) is 15.6. The Bertz CT molecular complexity index is 905. The molecule has 1 heterocycles. The van der Waals surface area contributed by atoms with Crippen LogP contribution in [0.4, 0.5) is 0 Å². The van der Waals surface area contributed by atoms with E-state index in [1.165, 1.54) is 50.5 Å². The van der Waals surface area contributed by atoms with Crippen LogP contribution in [0.3, 0.4) is 0 Å². The summed E-state index contributed by atoms with van der Waals surface area (Å²) in [6.45, 7) is 13.8. The van der Waals surface area contributed by atoms with Crippen LogP contribution in [-0.4, -0.2) is 17.7 Å². The van der Waals surface area contributed by atoms with E-state index in [0.29, 0.717) is 30.7 Å². The highest BCUT2D eigenvalue weighted by atomic mass is 15.1. The van der Waals surface area contributed by atoms with Gasteiger partial charge in [0.25, 0.3) is 6.85 Å². The normalized spacial score (nSPS) is 24.2. The number of benzene rings is 1. The van der Waals surface area contributed by atoms with Crippen molar-refractivity contribution in [2.75, 3.05) is 0 Å². The predicted molar refractivity (Wildman–Crippen MR) is 142 cm³/mol. The molecule has 0 bridgehead atoms. The Balaban J connectivity index is 1.67. The topological polar surface area (TPSA) is 3.24 Å². The van der Waals surface area contributed by atoms with Gasteiger partial charge in [0.05, 0.1) is 0 Å². The van der Waals surface area contributed by atoms with Gasteiger partial charge < -0.3 is 4.81 Å². The van der Waals surface area contributed by atoms with Crippen LogP contribution in [0.25, 0.3) is 5.47 Å². The number of hydrogen-bond acceptors (Lipinski definition) is 1. The first kappa shape index (κ1) is 23.4. The molecule has 1 aliphatic heterocycles. The maximum Gasteiger partial charge on any atom is 0.269 e. The SMILES string of the molecule is C=CCCCC1=CC(B2C3=CC(CCCCCC)c4cccc(c43)C(C)N2C(C)C)C=C1. The molecule has 0 radical (unpaired) electrons. The lowest BCUT2D eigenvalue weighted by molar-refractivity contribution is 0.289. The van der Waals surface area contributed by atoms with E-state index in [-0.39, 0.29) is 0 Å². The Morgan fingerprint density at radius 1 is 1.09 bits per heavy atom. The zero-order valence-electron chi connectivity index (χ0n) is 20.8. The molecule has 0 aromatic heterocycles. The van der Waals surface area contributed by atoms with E-state index in [1.54, 1.807) is 22.2 Å². The molecule has 170 valence electrons. The van der Waals surface area contributed by atoms with Gasteiger partial charge in [-0.2, -0.15) is 0 Å². The molecule has 0 spiro atoms. The molecule has 3 atom stereocenters. The minimum Gasteiger partial charge on any atom is -0.329 e. The van der Waals surface area contributed by atoms with Crippen molar-refractivity contribution in [3.8, 4) is 0 Å². The molecule has 3 unspecified atom stereocenters. The average Bonchev–Trinajstić information content (AvgIpc) is 3.39. The lowest BCUT2D eigenvalue weighted by Crippen LogP contribution is -2.51. The van der Waals surface area contributed by atoms with Crippen LogP contribution >= 0.6 is 0 Å². The van der Waals surface area contributed by atoms with Crippen LogP contribution in [0.1, 0.15) is 108 Å². The monoisotopic (exact) mass is 427 g/mol. The third kappa shape index (κ3) is 4.49. The van der Waals surface area contributed by atoms with Gasteiger partial charge in [-0.05, 0) is 61.2 Å². The number of unbranched alkanes of at least 4 members (excludes halogenated alkanes) is 4. The molecule has 2 aliphatic carbocycles. The van der Waals surface area contributed by atoms with E-state index in [2.05, 4.69) is 81.6 Å². The Hall–Kier alpha value is -1.80. The third-order valence-electron chi connectivity index (χ3n) is 7.88. The van der Waals surface area contributed by atoms with Crippen molar-refractivity contribution >= 4 is 12.3 Å². The highest BCUT2D eigenvalue weighted by Gasteiger charge is 2.46. The summed E-state index contributed by atoms with van der Waals surface area (Å²) in [4.78, 5) is 2.79. The second-order valence-corrected chi connectivity index (χ2v) is 10.4. The largest absolute Gasteiger partial charge is 0.329 e. The molecule has 32 heavy (non-hydrogen) atoms. The number of rotatable bonds is 11. The maximum absolute atomic E-state index is 3.89. The van der Waals surface area contributed by atoms with Crippen LogP contribution in [0.5, 0.6) is 0 Å². The van der Waals surface area contributed by atoms with E-state index < -0.39 is 0 Å². The molecule has 1 aromatic carbocycles. The third-order valence-corrected chi connectivity index (χ3v) is 7.88. The predicted octanol–water partition coefficient (Wildman–Crippen LogP) is 8.68. The molecule has 0 saturated heterocycles. The molecule has 0 N–H and O–H groups in total. The number of nitrogens with zero attached hydrogens (tertiary/aromatic N) is 1. The van der Waals surface area contributed by atoms with Gasteiger partial charge in [-0.15, -0.1) is 6.58 Å². The Morgan fingerprint density at radius 3 is 2.66 bits per heavy atom. The van der Waals surface area contributed by atoms with E-state index in [1.807, 2.05) is 6.08 Å². The first-order valence-electron chi connectivity index (χ1n) is 13.2. The van der Waals surface area contributed by atoms with Crippen LogP contribution in [0.15, 0.2) is 60.7 Å². The van der Waals surface area contributed by atoms with Crippen molar-refractivity contribution in [2.45, 2.75) is 103 Å². The summed E-state index contributed by atoms with van der Waals surface area (Å²) >= 11 is 0. The highest BCUT2D eigenvalue weighted by molar-refractivity contribution is 6.79. The standard InChI is InChI=1S/C30H42BN/c1-6-8-10-12-15-25-21-29-30-27(16-13-17-28(25)30)23(5)32(22(3)4)31(29)26-19-18-24(20-26)14-11-9-7-2/h7,13,16-23,25-26H,2,6,8-12,14-15H2,1,3-5H3. The van der Waals surface area contributed by atoms with Crippen LogP contribution < -0.4 is 0 Å². The average molecular weight is 427 g/mol. The van der Waals surface area contributed by atoms with Crippen LogP contribution in [0.2, 0.25) is 5.82 Å². The molecular formula is C30H42BN. The van der Waals surface area contributed by atoms with Gasteiger partial charge in [-0.25, -0.2) is 0 Å². The van der Waals surface area contributed by atoms with Gasteiger partial charge in [0.15, 0.2) is 0 Å². The van der Waals surface area contributed by atoms with Crippen molar-refractivity contribution in [3.05, 3.63) is 77.4 Å². The molecule has 0 fully saturated rings. The molecule has 0 saturated carbocycles. The lowest BCUT2D eigenvalue weighted by atomic mass is 9.41. The van der Waals surface area contributed by atoms with Crippen LogP contribution in [0, 0.1) is 0 Å². The van der Waals surface area contributed by atoms with E-state index in [4.69, 9.17) is 0 Å². The number of allylic oxidation sites excluding steroid dienone is 6. The summed E-state index contributed by atoms with van der Waals surface area (Å²) < 4.78 is 0. The van der Waals surface area contributed by atoms with Crippen molar-refractivity contribution in [3.63, 3.8) is 0 Å². The molecule has 4 rings (SSSR count). The molecule has 2 heteroatoms. The molecular weight excluding hydrogens is 385 g/mol. The fourth-order valence-corrected chi connectivity index (χ4v) is 6.39. The van der Waals surface area contributed by atoms with Crippen molar-refractivity contribution in [2.24, 2.45) is 0 Å². The maximum atomic E-state index is 3.89. The fraction of sp³-hybridized carbons (Fsp3) is 0.533. The van der Waals surface area contributed by atoms with E-state index in [0.717, 1.165) is 6.42 Å². The minimum atomic E-state index is 0.451. The summed E-state index contributed by atoms with van der Waals surface area (Å²) in [6, 6.07) is 8.10. The second-order valence-electron chi connectivity index (χ2n) is 10.4. The first-order valence-corrected chi connectivity index (χ1v) is 13.2. The zero-order valence-corrected chi connectivity index (χ0v) is 20.8. The Kier molecular flexibility index (Phi) is 7.61. The summed E-state index contributed by atoms with van der Waals surface area (Å²) in [6.07, 6.45) is 22.3. The van der Waals surface area contributed by atoms with Gasteiger partial charge in [0.2, 0.25) is 0 Å². The van der Waals surface area contributed by atoms with Crippen LogP contribution in [-0.2, 0) is 0 Å². The number of hydrogen-bond donors (Lipinski definition) is 0. The molecule has 0 amide bonds. The van der Waals surface area contributed by atoms with Gasteiger partial charge in [-0.1, -0.05) is 106 Å². The van der Waals surface area contributed by atoms with Crippen molar-refractivity contribution in [1.82, 2.24) is 4.81 Å². The molecule has 3 aliphatic rings. The summed E-state index contributed by atoms with van der Waals surface area (Å²) in [5, 5.41) is 0. The summed E-state index contributed by atoms with van der Waals surface area (Å²) in [7, 11) is 0. The van der Waals surface area contributed by atoms with Gasteiger partial charge in [0, 0.05) is 12.0 Å². The summed E-state index contributed by atoms with van der Waals surface area (Å²) in [5.74, 6) is 1.07. The molecule has 1 nitrogen and oxygen atoms in total. The van der Waals surface area contributed by atoms with E-state index >= 15 is 0 Å². The quantitative estimate of drug-likeness (QED) is 0.194. The van der Waals surface area contributed by atoms with Gasteiger partial charge >= 0.3 is 0 Å². The van der Waals surface area contributed by atoms with Gasteiger partial charge in [-0.3, -0.25) is 0 Å². The second kappa shape index (κ2) is 10.4. The van der Waals surface area contributed by atoms with Crippen molar-refractivity contribution < 1.29 is 0 Å². The Morgan fingerprint density at radius 2 is 1.91 bits per heavy atom. The highest BCUT2D eigenvalue weighted by Crippen LogP contribution is 2.52. The van der Waals surface area contributed by atoms with Crippen molar-refractivity contribution in [1.29, 1.82) is 0 Å². The zero-order chi connectivity index (χ0) is 22.7. The smallest absolute Gasteiger partial charge is 0.269 e. The van der Waals surface area contributed by atoms with E-state index in [9.17, 15) is 0 Å². The molecule has 1 aromatic rings. The minimum absolute atomic E-state index is 0.451.